The van der Waals surface area contributed by atoms with Crippen LogP contribution in [0.25, 0.3) is 10.1 Å². The number of hydrogen-bond acceptors (Lipinski definition) is 3. The molecular weight excluding hydrogens is 224 g/mol. The Kier molecular flexibility index (Phi) is 3.22. The highest BCUT2D eigenvalue weighted by atomic mass is 32.2. The SMILES string of the molecule is CC(C)SCc1cc2c(O)cccc2s1. The molecule has 0 aliphatic heterocycles. The van der Waals surface area contributed by atoms with Gasteiger partial charge in [-0.15, -0.1) is 11.3 Å². The third kappa shape index (κ3) is 2.47. The quantitative estimate of drug-likeness (QED) is 0.862. The number of phenolic OH excluding ortho intramolecular Hbond substituents is 1. The number of aromatic hydroxyl groups is 1. The van der Waals surface area contributed by atoms with Gasteiger partial charge < -0.3 is 5.11 Å². The Morgan fingerprint density at radius 3 is 2.87 bits per heavy atom. The molecule has 0 aliphatic carbocycles. The summed E-state index contributed by atoms with van der Waals surface area (Å²) in [6, 6.07) is 7.80. The van der Waals surface area contributed by atoms with Crippen LogP contribution in [0.15, 0.2) is 24.3 Å². The maximum Gasteiger partial charge on any atom is 0.124 e. The number of rotatable bonds is 3. The van der Waals surface area contributed by atoms with Gasteiger partial charge in [0.15, 0.2) is 0 Å². The zero-order valence-corrected chi connectivity index (χ0v) is 10.5. The second-order valence-corrected chi connectivity index (χ2v) is 6.49. The van der Waals surface area contributed by atoms with E-state index in [0.717, 1.165) is 11.1 Å². The summed E-state index contributed by atoms with van der Waals surface area (Å²) in [5.41, 5.74) is 0. The van der Waals surface area contributed by atoms with Crippen LogP contribution < -0.4 is 0 Å². The van der Waals surface area contributed by atoms with Crippen LogP contribution >= 0.6 is 23.1 Å². The van der Waals surface area contributed by atoms with Gasteiger partial charge in [-0.1, -0.05) is 19.9 Å². The first-order chi connectivity index (χ1) is 7.16. The Balaban J connectivity index is 2.27. The van der Waals surface area contributed by atoms with Crippen LogP contribution in [0, 0.1) is 0 Å². The molecule has 2 rings (SSSR count). The third-order valence-electron chi connectivity index (χ3n) is 2.15. The van der Waals surface area contributed by atoms with E-state index in [-0.39, 0.29) is 0 Å². The smallest absolute Gasteiger partial charge is 0.124 e. The van der Waals surface area contributed by atoms with Crippen LogP contribution in [0.1, 0.15) is 18.7 Å². The van der Waals surface area contributed by atoms with Crippen LogP contribution in [-0.2, 0) is 5.75 Å². The standard InChI is InChI=1S/C12H14OS2/c1-8(2)14-7-9-6-10-11(13)4-3-5-12(10)15-9/h3-6,8,13H,7H2,1-2H3. The van der Waals surface area contributed by atoms with Crippen molar-refractivity contribution < 1.29 is 5.11 Å². The van der Waals surface area contributed by atoms with E-state index >= 15 is 0 Å². The molecule has 0 bridgehead atoms. The molecule has 0 spiro atoms. The number of phenols is 1. The van der Waals surface area contributed by atoms with Crippen molar-refractivity contribution in [2.75, 3.05) is 0 Å². The lowest BCUT2D eigenvalue weighted by Gasteiger charge is -2.00. The predicted molar refractivity (Wildman–Crippen MR) is 69.9 cm³/mol. The summed E-state index contributed by atoms with van der Waals surface area (Å²) in [5.74, 6) is 1.43. The molecule has 1 aromatic heterocycles. The van der Waals surface area contributed by atoms with E-state index < -0.39 is 0 Å². The normalized spacial score (nSPS) is 11.4. The van der Waals surface area contributed by atoms with Crippen molar-refractivity contribution in [3.05, 3.63) is 29.1 Å². The van der Waals surface area contributed by atoms with Crippen LogP contribution in [0.2, 0.25) is 0 Å². The van der Waals surface area contributed by atoms with E-state index in [1.165, 1.54) is 9.58 Å². The van der Waals surface area contributed by atoms with Gasteiger partial charge in [0.1, 0.15) is 5.75 Å². The van der Waals surface area contributed by atoms with E-state index in [4.69, 9.17) is 0 Å². The maximum atomic E-state index is 9.66. The number of benzene rings is 1. The average Bonchev–Trinajstić information content (AvgIpc) is 2.59. The second kappa shape index (κ2) is 4.45. The molecule has 0 aliphatic rings. The molecule has 1 heterocycles. The number of thioether (sulfide) groups is 1. The molecule has 0 amide bonds. The lowest BCUT2D eigenvalue weighted by atomic mass is 10.2. The first-order valence-corrected chi connectivity index (χ1v) is 6.85. The minimum atomic E-state index is 0.393. The highest BCUT2D eigenvalue weighted by Crippen LogP contribution is 2.34. The maximum absolute atomic E-state index is 9.66. The molecule has 3 heteroatoms. The van der Waals surface area contributed by atoms with Gasteiger partial charge >= 0.3 is 0 Å². The lowest BCUT2D eigenvalue weighted by Crippen LogP contribution is -1.85. The van der Waals surface area contributed by atoms with Gasteiger partial charge in [-0.2, -0.15) is 11.8 Å². The lowest BCUT2D eigenvalue weighted by molar-refractivity contribution is 0.482. The van der Waals surface area contributed by atoms with Crippen molar-refractivity contribution in [3.63, 3.8) is 0 Å². The summed E-state index contributed by atoms with van der Waals surface area (Å²) < 4.78 is 1.18. The van der Waals surface area contributed by atoms with Gasteiger partial charge in [0.2, 0.25) is 0 Å². The van der Waals surface area contributed by atoms with Crippen molar-refractivity contribution in [2.24, 2.45) is 0 Å². The van der Waals surface area contributed by atoms with Gasteiger partial charge in [-0.3, -0.25) is 0 Å². The molecule has 0 saturated heterocycles. The predicted octanol–water partition coefficient (Wildman–Crippen LogP) is 4.25. The topological polar surface area (TPSA) is 20.2 Å². The molecule has 0 saturated carbocycles. The summed E-state index contributed by atoms with van der Waals surface area (Å²) in [7, 11) is 0. The van der Waals surface area contributed by atoms with E-state index in [1.807, 2.05) is 17.8 Å². The molecule has 0 atom stereocenters. The van der Waals surface area contributed by atoms with Crippen LogP contribution in [0.4, 0.5) is 0 Å². The average molecular weight is 238 g/mol. The summed E-state index contributed by atoms with van der Waals surface area (Å²) in [4.78, 5) is 1.34. The minimum absolute atomic E-state index is 0.393. The highest BCUT2D eigenvalue weighted by molar-refractivity contribution is 7.99. The molecule has 1 aromatic carbocycles. The van der Waals surface area contributed by atoms with Crippen LogP contribution in [0.3, 0.4) is 0 Å². The third-order valence-corrected chi connectivity index (χ3v) is 4.58. The first kappa shape index (κ1) is 10.8. The fraction of sp³-hybridized carbons (Fsp3) is 0.333. The summed E-state index contributed by atoms with van der Waals surface area (Å²) >= 11 is 3.71. The Morgan fingerprint density at radius 2 is 2.20 bits per heavy atom. The van der Waals surface area contributed by atoms with Gasteiger partial charge in [0.25, 0.3) is 0 Å². The van der Waals surface area contributed by atoms with Crippen molar-refractivity contribution in [1.29, 1.82) is 0 Å². The van der Waals surface area contributed by atoms with Crippen molar-refractivity contribution in [1.82, 2.24) is 0 Å². The van der Waals surface area contributed by atoms with Crippen molar-refractivity contribution in [2.45, 2.75) is 24.9 Å². The zero-order chi connectivity index (χ0) is 10.8. The van der Waals surface area contributed by atoms with E-state index in [0.29, 0.717) is 11.0 Å². The molecule has 1 nitrogen and oxygen atoms in total. The number of thiophene rings is 1. The molecule has 2 aromatic rings. The summed E-state index contributed by atoms with van der Waals surface area (Å²) in [6.07, 6.45) is 0. The molecule has 0 radical (unpaired) electrons. The highest BCUT2D eigenvalue weighted by Gasteiger charge is 2.05. The monoisotopic (exact) mass is 238 g/mol. The zero-order valence-electron chi connectivity index (χ0n) is 8.86. The van der Waals surface area contributed by atoms with E-state index in [9.17, 15) is 5.11 Å². The molecule has 15 heavy (non-hydrogen) atoms. The van der Waals surface area contributed by atoms with Gasteiger partial charge in [0.05, 0.1) is 0 Å². The molecular formula is C12H14OS2. The molecule has 0 fully saturated rings. The second-order valence-electron chi connectivity index (χ2n) is 3.76. The van der Waals surface area contributed by atoms with Gasteiger partial charge in [-0.25, -0.2) is 0 Å². The Hall–Kier alpha value is -0.670. The minimum Gasteiger partial charge on any atom is -0.507 e. The molecule has 0 unspecified atom stereocenters. The van der Waals surface area contributed by atoms with Gasteiger partial charge in [0, 0.05) is 20.7 Å². The fourth-order valence-corrected chi connectivity index (χ4v) is 3.32. The summed E-state index contributed by atoms with van der Waals surface area (Å²) in [5, 5.41) is 11.3. The van der Waals surface area contributed by atoms with Crippen molar-refractivity contribution >= 4 is 33.2 Å². The number of fused-ring (bicyclic) bond motifs is 1. The van der Waals surface area contributed by atoms with Crippen LogP contribution in [-0.4, -0.2) is 10.4 Å². The molecule has 80 valence electrons. The first-order valence-electron chi connectivity index (χ1n) is 4.99. The largest absolute Gasteiger partial charge is 0.507 e. The fourth-order valence-electron chi connectivity index (χ4n) is 1.42. The number of hydrogen-bond donors (Lipinski definition) is 1. The Bertz CT molecular complexity index is 460. The summed E-state index contributed by atoms with van der Waals surface area (Å²) in [6.45, 7) is 4.41. The van der Waals surface area contributed by atoms with Crippen molar-refractivity contribution in [3.8, 4) is 5.75 Å². The Labute approximate surface area is 98.1 Å². The van der Waals surface area contributed by atoms with Crippen LogP contribution in [0.5, 0.6) is 5.75 Å². The van der Waals surface area contributed by atoms with E-state index in [2.05, 4.69) is 26.0 Å². The molecule has 1 N–H and O–H groups in total. The van der Waals surface area contributed by atoms with E-state index in [1.54, 1.807) is 17.4 Å². The Morgan fingerprint density at radius 1 is 1.40 bits per heavy atom. The van der Waals surface area contributed by atoms with Gasteiger partial charge in [-0.05, 0) is 23.4 Å².